The first-order chi connectivity index (χ1) is 9.78. The maximum atomic E-state index is 12.6. The fourth-order valence-electron chi connectivity index (χ4n) is 2.22. The number of amides is 1. The molecule has 2 aromatic rings. The minimum Gasteiger partial charge on any atom is -0.335 e. The van der Waals surface area contributed by atoms with Gasteiger partial charge in [0.05, 0.1) is 6.33 Å². The third-order valence-corrected chi connectivity index (χ3v) is 4.15. The minimum atomic E-state index is 0.0227. The van der Waals surface area contributed by atoms with E-state index in [1.165, 1.54) is 5.56 Å². The summed E-state index contributed by atoms with van der Waals surface area (Å²) in [5, 5.41) is 4.14. The lowest BCUT2D eigenvalue weighted by molar-refractivity contribution is 0.0724. The molecule has 1 aliphatic rings. The molecule has 0 atom stereocenters. The zero-order valence-electron chi connectivity index (χ0n) is 11.2. The van der Waals surface area contributed by atoms with E-state index in [2.05, 4.69) is 16.4 Å². The van der Waals surface area contributed by atoms with Crippen molar-refractivity contribution in [2.24, 2.45) is 5.73 Å². The molecule has 1 aliphatic carbocycles. The van der Waals surface area contributed by atoms with E-state index in [4.69, 9.17) is 5.73 Å². The molecule has 3 rings (SSSR count). The van der Waals surface area contributed by atoms with Crippen molar-refractivity contribution in [3.8, 4) is 0 Å². The number of aromatic nitrogens is 2. The molecule has 0 unspecified atom stereocenters. The molecule has 0 radical (unpaired) electrons. The van der Waals surface area contributed by atoms with E-state index in [1.807, 2.05) is 14.8 Å². The Bertz CT molecular complexity index is 574. The Morgan fingerprint density at radius 2 is 2.40 bits per heavy atom. The van der Waals surface area contributed by atoms with Gasteiger partial charge in [-0.05, 0) is 35.2 Å². The number of nitrogens with zero attached hydrogens (tertiary/aromatic N) is 3. The predicted molar refractivity (Wildman–Crippen MR) is 78.5 cm³/mol. The van der Waals surface area contributed by atoms with Crippen LogP contribution in [-0.4, -0.2) is 32.9 Å². The van der Waals surface area contributed by atoms with Gasteiger partial charge in [-0.3, -0.25) is 4.79 Å². The molecule has 0 spiro atoms. The molecule has 1 amide bonds. The zero-order chi connectivity index (χ0) is 13.9. The summed E-state index contributed by atoms with van der Waals surface area (Å²) in [6.07, 6.45) is 5.66. The first-order valence-electron chi connectivity index (χ1n) is 6.82. The van der Waals surface area contributed by atoms with E-state index in [0.29, 0.717) is 31.4 Å². The molecule has 0 aromatic carbocycles. The number of rotatable bonds is 6. The van der Waals surface area contributed by atoms with E-state index in [9.17, 15) is 4.79 Å². The lowest BCUT2D eigenvalue weighted by Gasteiger charge is -2.20. The molecule has 1 saturated carbocycles. The van der Waals surface area contributed by atoms with Gasteiger partial charge in [-0.25, -0.2) is 4.98 Å². The average molecular weight is 290 g/mol. The predicted octanol–water partition coefficient (Wildman–Crippen LogP) is 1.71. The number of carbonyl (C=O) groups is 1. The van der Waals surface area contributed by atoms with Crippen LogP contribution in [0.25, 0.3) is 0 Å². The van der Waals surface area contributed by atoms with Crippen molar-refractivity contribution < 1.29 is 4.79 Å². The fraction of sp³-hybridized carbons (Fsp3) is 0.429. The van der Waals surface area contributed by atoms with Crippen LogP contribution in [0.15, 0.2) is 29.4 Å². The van der Waals surface area contributed by atoms with E-state index in [1.54, 1.807) is 23.9 Å². The monoisotopic (exact) mass is 290 g/mol. The third kappa shape index (κ3) is 2.91. The van der Waals surface area contributed by atoms with Crippen molar-refractivity contribution in [3.05, 3.63) is 40.6 Å². The Balaban J connectivity index is 1.74. The van der Waals surface area contributed by atoms with Crippen LogP contribution in [0.3, 0.4) is 0 Å². The lowest BCUT2D eigenvalue weighted by atomic mass is 10.3. The second kappa shape index (κ2) is 5.76. The smallest absolute Gasteiger partial charge is 0.274 e. The van der Waals surface area contributed by atoms with Crippen molar-refractivity contribution in [3.63, 3.8) is 0 Å². The normalized spacial score (nSPS) is 14.4. The molecular formula is C14H18N4OS. The SMILES string of the molecule is NCCn1cnc(C(=O)N(Cc2ccsc2)C2CC2)c1. The highest BCUT2D eigenvalue weighted by Gasteiger charge is 2.33. The molecule has 0 bridgehead atoms. The first kappa shape index (κ1) is 13.3. The van der Waals surface area contributed by atoms with Gasteiger partial charge in [-0.2, -0.15) is 11.3 Å². The van der Waals surface area contributed by atoms with Crippen LogP contribution in [-0.2, 0) is 13.1 Å². The highest BCUT2D eigenvalue weighted by molar-refractivity contribution is 7.07. The van der Waals surface area contributed by atoms with Crippen molar-refractivity contribution in [1.82, 2.24) is 14.5 Å². The van der Waals surface area contributed by atoms with Crippen LogP contribution in [0.1, 0.15) is 28.9 Å². The number of imidazole rings is 1. The van der Waals surface area contributed by atoms with Gasteiger partial charge in [0.2, 0.25) is 0 Å². The highest BCUT2D eigenvalue weighted by atomic mass is 32.1. The molecule has 1 fully saturated rings. The maximum absolute atomic E-state index is 12.6. The van der Waals surface area contributed by atoms with Crippen molar-refractivity contribution in [2.75, 3.05) is 6.54 Å². The maximum Gasteiger partial charge on any atom is 0.274 e. The van der Waals surface area contributed by atoms with Crippen LogP contribution >= 0.6 is 11.3 Å². The summed E-state index contributed by atoms with van der Waals surface area (Å²) >= 11 is 1.66. The van der Waals surface area contributed by atoms with Gasteiger partial charge in [0.25, 0.3) is 5.91 Å². The van der Waals surface area contributed by atoms with E-state index in [-0.39, 0.29) is 5.91 Å². The van der Waals surface area contributed by atoms with Gasteiger partial charge in [0.1, 0.15) is 5.69 Å². The van der Waals surface area contributed by atoms with Crippen LogP contribution in [0.5, 0.6) is 0 Å². The fourth-order valence-corrected chi connectivity index (χ4v) is 2.88. The summed E-state index contributed by atoms with van der Waals surface area (Å²) in [6, 6.07) is 2.45. The van der Waals surface area contributed by atoms with Crippen LogP contribution < -0.4 is 5.73 Å². The third-order valence-electron chi connectivity index (χ3n) is 3.42. The lowest BCUT2D eigenvalue weighted by Crippen LogP contribution is -2.32. The van der Waals surface area contributed by atoms with E-state index >= 15 is 0 Å². The summed E-state index contributed by atoms with van der Waals surface area (Å²) in [4.78, 5) is 18.7. The van der Waals surface area contributed by atoms with Gasteiger partial charge in [-0.1, -0.05) is 0 Å². The second-order valence-corrected chi connectivity index (χ2v) is 5.86. The van der Waals surface area contributed by atoms with E-state index < -0.39 is 0 Å². The first-order valence-corrected chi connectivity index (χ1v) is 7.76. The van der Waals surface area contributed by atoms with Crippen LogP contribution in [0.2, 0.25) is 0 Å². The molecular weight excluding hydrogens is 272 g/mol. The topological polar surface area (TPSA) is 64.2 Å². The largest absolute Gasteiger partial charge is 0.335 e. The van der Waals surface area contributed by atoms with Crippen LogP contribution in [0.4, 0.5) is 0 Å². The molecule has 106 valence electrons. The Morgan fingerprint density at radius 1 is 1.55 bits per heavy atom. The summed E-state index contributed by atoms with van der Waals surface area (Å²) in [7, 11) is 0. The average Bonchev–Trinajstić information content (AvgIpc) is 2.97. The summed E-state index contributed by atoms with van der Waals surface area (Å²) in [5.74, 6) is 0.0227. The minimum absolute atomic E-state index is 0.0227. The Labute approximate surface area is 122 Å². The second-order valence-electron chi connectivity index (χ2n) is 5.08. The van der Waals surface area contributed by atoms with Crippen molar-refractivity contribution in [1.29, 1.82) is 0 Å². The highest BCUT2D eigenvalue weighted by Crippen LogP contribution is 2.29. The molecule has 20 heavy (non-hydrogen) atoms. The summed E-state index contributed by atoms with van der Waals surface area (Å²) in [5.41, 5.74) is 7.22. The Morgan fingerprint density at radius 3 is 3.05 bits per heavy atom. The van der Waals surface area contributed by atoms with E-state index in [0.717, 1.165) is 12.8 Å². The van der Waals surface area contributed by atoms with Gasteiger partial charge >= 0.3 is 0 Å². The quantitative estimate of drug-likeness (QED) is 0.881. The van der Waals surface area contributed by atoms with Gasteiger partial charge in [0.15, 0.2) is 0 Å². The molecule has 2 aromatic heterocycles. The molecule has 2 N–H and O–H groups in total. The Hall–Kier alpha value is -1.66. The van der Waals surface area contributed by atoms with Crippen molar-refractivity contribution >= 4 is 17.2 Å². The molecule has 6 heteroatoms. The van der Waals surface area contributed by atoms with Gasteiger partial charge in [0, 0.05) is 31.9 Å². The number of hydrogen-bond donors (Lipinski definition) is 1. The number of thiophene rings is 1. The molecule has 0 aliphatic heterocycles. The molecule has 2 heterocycles. The number of carbonyl (C=O) groups excluding carboxylic acids is 1. The van der Waals surface area contributed by atoms with Gasteiger partial charge < -0.3 is 15.2 Å². The van der Waals surface area contributed by atoms with Gasteiger partial charge in [-0.15, -0.1) is 0 Å². The standard InChI is InChI=1S/C14H18N4OS/c15-4-5-17-8-13(16-10-17)14(19)18(12-1-2-12)7-11-3-6-20-9-11/h3,6,8-10,12H,1-2,4-5,7,15H2. The van der Waals surface area contributed by atoms with Crippen LogP contribution in [0, 0.1) is 0 Å². The summed E-state index contributed by atoms with van der Waals surface area (Å²) in [6.45, 7) is 1.91. The molecule has 5 nitrogen and oxygen atoms in total. The van der Waals surface area contributed by atoms with Crippen molar-refractivity contribution in [2.45, 2.75) is 32.0 Å². The Kier molecular flexibility index (Phi) is 3.84. The zero-order valence-corrected chi connectivity index (χ0v) is 12.1. The summed E-state index contributed by atoms with van der Waals surface area (Å²) < 4.78 is 1.86. The molecule has 0 saturated heterocycles. The number of nitrogens with two attached hydrogens (primary N) is 1. The number of hydrogen-bond acceptors (Lipinski definition) is 4.